The Morgan fingerprint density at radius 2 is 2.16 bits per heavy atom. The molecule has 1 atom stereocenters. The van der Waals surface area contributed by atoms with Crippen molar-refractivity contribution in [2.75, 3.05) is 25.4 Å². The molecule has 168 valence electrons. The highest BCUT2D eigenvalue weighted by Crippen LogP contribution is 2.35. The first-order valence-electron chi connectivity index (χ1n) is 11.2. The zero-order valence-corrected chi connectivity index (χ0v) is 20.1. The number of amides is 1. The molecule has 0 saturated carbocycles. The number of aryl methyl sites for hydroxylation is 2. The minimum atomic E-state index is 0.0316. The van der Waals surface area contributed by atoms with Gasteiger partial charge in [-0.25, -0.2) is 4.98 Å². The zero-order chi connectivity index (χ0) is 22.0. The van der Waals surface area contributed by atoms with E-state index >= 15 is 0 Å². The second-order valence-corrected chi connectivity index (χ2v) is 10.5. The molecule has 1 aliphatic carbocycles. The van der Waals surface area contributed by atoms with Gasteiger partial charge in [-0.2, -0.15) is 0 Å². The lowest BCUT2D eigenvalue weighted by molar-refractivity contribution is -0.127. The summed E-state index contributed by atoms with van der Waals surface area (Å²) in [4.78, 5) is 35.2. The van der Waals surface area contributed by atoms with Crippen molar-refractivity contribution >= 4 is 39.2 Å². The number of carbonyl (C=O) groups is 1. The molecule has 1 aliphatic heterocycles. The van der Waals surface area contributed by atoms with E-state index in [0.29, 0.717) is 24.8 Å². The highest BCUT2D eigenvalue weighted by Gasteiger charge is 2.25. The Morgan fingerprint density at radius 1 is 1.35 bits per heavy atom. The number of likely N-dealkylation sites (N-methyl/N-ethyl adjacent to an activating group) is 1. The number of rotatable bonds is 8. The lowest BCUT2D eigenvalue weighted by atomic mass is 9.97. The topological polar surface area (TPSA) is 64.4 Å². The molecule has 8 heteroatoms. The summed E-state index contributed by atoms with van der Waals surface area (Å²) < 4.78 is 7.59. The van der Waals surface area contributed by atoms with Gasteiger partial charge in [0.25, 0.3) is 5.56 Å². The summed E-state index contributed by atoms with van der Waals surface area (Å²) in [5, 5.41) is 1.43. The molecular weight excluding hydrogens is 430 g/mol. The van der Waals surface area contributed by atoms with E-state index in [4.69, 9.17) is 9.72 Å². The Bertz CT molecular complexity index is 1040. The third-order valence-electron chi connectivity index (χ3n) is 5.97. The molecule has 2 aromatic rings. The van der Waals surface area contributed by atoms with Gasteiger partial charge in [0.1, 0.15) is 4.83 Å². The summed E-state index contributed by atoms with van der Waals surface area (Å²) in [6, 6.07) is 0. The van der Waals surface area contributed by atoms with Crippen LogP contribution in [0.25, 0.3) is 10.2 Å². The molecule has 0 unspecified atom stereocenters. The normalized spacial score (nSPS) is 18.3. The van der Waals surface area contributed by atoms with Crippen molar-refractivity contribution < 1.29 is 9.53 Å². The Kier molecular flexibility index (Phi) is 7.19. The quantitative estimate of drug-likeness (QED) is 0.337. The Hall–Kier alpha value is -1.64. The van der Waals surface area contributed by atoms with Crippen LogP contribution in [0.2, 0.25) is 0 Å². The summed E-state index contributed by atoms with van der Waals surface area (Å²) >= 11 is 3.02. The molecule has 4 rings (SSSR count). The van der Waals surface area contributed by atoms with E-state index in [1.54, 1.807) is 20.8 Å². The molecule has 6 nitrogen and oxygen atoms in total. The first kappa shape index (κ1) is 22.6. The van der Waals surface area contributed by atoms with Crippen LogP contribution in [0.4, 0.5) is 0 Å². The molecule has 1 fully saturated rings. The first-order chi connectivity index (χ1) is 15.0. The summed E-state index contributed by atoms with van der Waals surface area (Å²) in [6.07, 6.45) is 6.32. The molecule has 2 aliphatic rings. The standard InChI is InChI=1S/C23H31N3O3S2/c1-4-25(12-15(2)3)19(27)14-30-23-24-21-20(17-9-5-6-10-18(17)31-21)22(28)26(23)13-16-8-7-11-29-16/h16H,2,4-14H2,1,3H3/t16-/m0/s1. The van der Waals surface area contributed by atoms with E-state index in [-0.39, 0.29) is 23.3 Å². The van der Waals surface area contributed by atoms with Gasteiger partial charge in [-0.15, -0.1) is 11.3 Å². The maximum atomic E-state index is 13.6. The molecule has 1 amide bonds. The van der Waals surface area contributed by atoms with Crippen LogP contribution < -0.4 is 5.56 Å². The van der Waals surface area contributed by atoms with Crippen LogP contribution in [-0.4, -0.2) is 51.9 Å². The average molecular weight is 462 g/mol. The summed E-state index contributed by atoms with van der Waals surface area (Å²) in [7, 11) is 0. The maximum absolute atomic E-state index is 13.6. The average Bonchev–Trinajstić information content (AvgIpc) is 3.39. The number of ether oxygens (including phenoxy) is 1. The summed E-state index contributed by atoms with van der Waals surface area (Å²) in [5.41, 5.74) is 2.19. The minimum absolute atomic E-state index is 0.0316. The Morgan fingerprint density at radius 3 is 2.87 bits per heavy atom. The highest BCUT2D eigenvalue weighted by molar-refractivity contribution is 7.99. The van der Waals surface area contributed by atoms with Gasteiger partial charge in [-0.1, -0.05) is 23.9 Å². The largest absolute Gasteiger partial charge is 0.376 e. The van der Waals surface area contributed by atoms with Gasteiger partial charge in [0.05, 0.1) is 23.8 Å². The van der Waals surface area contributed by atoms with Crippen LogP contribution >= 0.6 is 23.1 Å². The number of carbonyl (C=O) groups excluding carboxylic acids is 1. The number of thiophene rings is 1. The fourth-order valence-electron chi connectivity index (χ4n) is 4.40. The van der Waals surface area contributed by atoms with Gasteiger partial charge >= 0.3 is 0 Å². The van der Waals surface area contributed by atoms with E-state index in [1.165, 1.54) is 28.6 Å². The van der Waals surface area contributed by atoms with E-state index < -0.39 is 0 Å². The molecule has 3 heterocycles. The van der Waals surface area contributed by atoms with Gasteiger partial charge in [-0.05, 0) is 57.9 Å². The molecule has 31 heavy (non-hydrogen) atoms. The lowest BCUT2D eigenvalue weighted by Gasteiger charge is -2.21. The zero-order valence-electron chi connectivity index (χ0n) is 18.4. The smallest absolute Gasteiger partial charge is 0.263 e. The molecule has 0 N–H and O–H groups in total. The SMILES string of the molecule is C=C(C)CN(CC)C(=O)CSc1nc2sc3c(c2c(=O)n1C[C@@H]1CCCO1)CCCC3. The number of hydrogen-bond donors (Lipinski definition) is 0. The molecule has 2 aromatic heterocycles. The van der Waals surface area contributed by atoms with Crippen molar-refractivity contribution in [3.05, 3.63) is 32.9 Å². The molecule has 0 aromatic carbocycles. The maximum Gasteiger partial charge on any atom is 0.263 e. The van der Waals surface area contributed by atoms with Crippen LogP contribution in [0.15, 0.2) is 22.1 Å². The van der Waals surface area contributed by atoms with Crippen molar-refractivity contribution in [3.8, 4) is 0 Å². The van der Waals surface area contributed by atoms with E-state index in [1.807, 2.05) is 13.8 Å². The summed E-state index contributed by atoms with van der Waals surface area (Å²) in [6.45, 7) is 10.3. The number of aromatic nitrogens is 2. The molecule has 0 radical (unpaired) electrons. The van der Waals surface area contributed by atoms with Crippen LogP contribution in [0, 0.1) is 0 Å². The fraction of sp³-hybridized carbons (Fsp3) is 0.609. The Labute approximate surface area is 191 Å². The molecule has 0 spiro atoms. The number of thioether (sulfide) groups is 1. The fourth-order valence-corrected chi connectivity index (χ4v) is 6.62. The van der Waals surface area contributed by atoms with Crippen molar-refractivity contribution in [2.24, 2.45) is 0 Å². The van der Waals surface area contributed by atoms with E-state index in [2.05, 4.69) is 6.58 Å². The van der Waals surface area contributed by atoms with Gasteiger partial charge in [0.15, 0.2) is 5.16 Å². The van der Waals surface area contributed by atoms with Crippen molar-refractivity contribution in [1.29, 1.82) is 0 Å². The van der Waals surface area contributed by atoms with Gasteiger partial charge in [0.2, 0.25) is 5.91 Å². The van der Waals surface area contributed by atoms with Gasteiger partial charge in [-0.3, -0.25) is 14.2 Å². The van der Waals surface area contributed by atoms with Crippen LogP contribution in [-0.2, 0) is 28.9 Å². The van der Waals surface area contributed by atoms with Crippen LogP contribution in [0.1, 0.15) is 50.0 Å². The first-order valence-corrected chi connectivity index (χ1v) is 13.0. The number of fused-ring (bicyclic) bond motifs is 3. The number of hydrogen-bond acceptors (Lipinski definition) is 6. The third-order valence-corrected chi connectivity index (χ3v) is 8.12. The third kappa shape index (κ3) is 4.91. The highest BCUT2D eigenvalue weighted by atomic mass is 32.2. The predicted octanol–water partition coefficient (Wildman–Crippen LogP) is 4.03. The number of nitrogens with zero attached hydrogens (tertiary/aromatic N) is 3. The summed E-state index contributed by atoms with van der Waals surface area (Å²) in [5.74, 6) is 0.300. The van der Waals surface area contributed by atoms with Crippen molar-refractivity contribution in [1.82, 2.24) is 14.5 Å². The molecule has 0 bridgehead atoms. The molecular formula is C23H31N3O3S2. The van der Waals surface area contributed by atoms with E-state index in [0.717, 1.165) is 54.5 Å². The van der Waals surface area contributed by atoms with Gasteiger partial charge < -0.3 is 9.64 Å². The lowest BCUT2D eigenvalue weighted by Crippen LogP contribution is -2.34. The van der Waals surface area contributed by atoms with Gasteiger partial charge in [0, 0.05) is 24.6 Å². The van der Waals surface area contributed by atoms with Crippen LogP contribution in [0.3, 0.4) is 0 Å². The minimum Gasteiger partial charge on any atom is -0.376 e. The van der Waals surface area contributed by atoms with Crippen molar-refractivity contribution in [3.63, 3.8) is 0 Å². The van der Waals surface area contributed by atoms with Crippen LogP contribution in [0.5, 0.6) is 0 Å². The monoisotopic (exact) mass is 461 g/mol. The second-order valence-electron chi connectivity index (χ2n) is 8.49. The second kappa shape index (κ2) is 9.88. The van der Waals surface area contributed by atoms with Crippen molar-refractivity contribution in [2.45, 2.75) is 70.2 Å². The predicted molar refractivity (Wildman–Crippen MR) is 127 cm³/mol. The Balaban J connectivity index is 1.66. The van der Waals surface area contributed by atoms with E-state index in [9.17, 15) is 9.59 Å². The molecule has 1 saturated heterocycles.